The Hall–Kier alpha value is -5.86. The lowest BCUT2D eigenvalue weighted by atomic mass is 9.85. The number of hydrogen-bond donors (Lipinski definition) is 0. The quantitative estimate of drug-likeness (QED) is 0.196. The van der Waals surface area contributed by atoms with Gasteiger partial charge < -0.3 is 0 Å². The number of benzene rings is 7. The maximum absolute atomic E-state index is 4.67. The second-order valence-electron chi connectivity index (χ2n) is 11.0. The molecule has 44 heavy (non-hydrogen) atoms. The van der Waals surface area contributed by atoms with E-state index < -0.39 is 0 Å². The number of hydrogen-bond acceptors (Lipinski definition) is 2. The van der Waals surface area contributed by atoms with E-state index in [9.17, 15) is 0 Å². The molecule has 8 aromatic rings. The zero-order valence-electron chi connectivity index (χ0n) is 24.1. The van der Waals surface area contributed by atoms with Crippen molar-refractivity contribution in [1.29, 1.82) is 0 Å². The fourth-order valence-electron chi connectivity index (χ4n) is 6.26. The largest absolute Gasteiger partial charge is 0.236 e. The van der Waals surface area contributed by atoms with Crippen LogP contribution in [-0.4, -0.2) is 9.97 Å². The molecule has 2 nitrogen and oxygen atoms in total. The first-order chi connectivity index (χ1) is 21.8. The van der Waals surface area contributed by atoms with Crippen LogP contribution >= 0.6 is 0 Å². The van der Waals surface area contributed by atoms with Gasteiger partial charge in [-0.2, -0.15) is 0 Å². The highest BCUT2D eigenvalue weighted by atomic mass is 14.9. The summed E-state index contributed by atoms with van der Waals surface area (Å²) in [6.07, 6.45) is 3.79. The summed E-state index contributed by atoms with van der Waals surface area (Å²) in [6, 6.07) is 56.0. The second kappa shape index (κ2) is 11.1. The van der Waals surface area contributed by atoms with Gasteiger partial charge in [-0.3, -0.25) is 0 Å². The Kier molecular flexibility index (Phi) is 6.51. The van der Waals surface area contributed by atoms with Gasteiger partial charge >= 0.3 is 0 Å². The van der Waals surface area contributed by atoms with Crippen LogP contribution < -0.4 is 0 Å². The summed E-state index contributed by atoms with van der Waals surface area (Å²) in [4.78, 5) is 9.34. The first-order valence-corrected chi connectivity index (χ1v) is 14.9. The maximum Gasteiger partial charge on any atom is 0.159 e. The van der Waals surface area contributed by atoms with E-state index in [2.05, 4.69) is 149 Å². The van der Waals surface area contributed by atoms with Crippen LogP contribution in [0.2, 0.25) is 0 Å². The molecule has 0 spiro atoms. The van der Waals surface area contributed by atoms with Gasteiger partial charge in [-0.1, -0.05) is 152 Å². The molecule has 0 aliphatic heterocycles. The van der Waals surface area contributed by atoms with Gasteiger partial charge in [0.05, 0.1) is 0 Å². The van der Waals surface area contributed by atoms with Gasteiger partial charge in [0.2, 0.25) is 0 Å². The summed E-state index contributed by atoms with van der Waals surface area (Å²) >= 11 is 0. The molecule has 0 aliphatic rings. The van der Waals surface area contributed by atoms with E-state index in [1.165, 1.54) is 49.4 Å². The SMILES string of the molecule is c1ccc(-c2cnc(-c3ccc(-c4ccc5c(-c6ccccc6)c6ccccc6c(-c6ccccc6)c5c4)cc3)nc2)cc1. The lowest BCUT2D eigenvalue weighted by molar-refractivity contribution is 1.18. The fraction of sp³-hybridized carbons (Fsp3) is 0. The molecule has 0 bridgehead atoms. The Labute approximate surface area is 257 Å². The molecule has 2 heteroatoms. The molecular weight excluding hydrogens is 532 g/mol. The Bertz CT molecular complexity index is 2220. The minimum Gasteiger partial charge on any atom is -0.236 e. The van der Waals surface area contributed by atoms with Crippen molar-refractivity contribution >= 4 is 21.5 Å². The molecule has 0 saturated heterocycles. The highest BCUT2D eigenvalue weighted by Gasteiger charge is 2.17. The summed E-state index contributed by atoms with van der Waals surface area (Å²) in [5.41, 5.74) is 10.4. The van der Waals surface area contributed by atoms with E-state index in [-0.39, 0.29) is 0 Å². The van der Waals surface area contributed by atoms with Crippen LogP contribution in [0, 0.1) is 0 Å². The number of nitrogens with zero attached hydrogens (tertiary/aromatic N) is 2. The Balaban J connectivity index is 1.26. The summed E-state index contributed by atoms with van der Waals surface area (Å²) in [6.45, 7) is 0. The van der Waals surface area contributed by atoms with Crippen LogP contribution in [0.1, 0.15) is 0 Å². The Morgan fingerprint density at radius 3 is 1.25 bits per heavy atom. The van der Waals surface area contributed by atoms with Crippen molar-refractivity contribution in [3.05, 3.63) is 170 Å². The lowest BCUT2D eigenvalue weighted by Gasteiger charge is -2.18. The third-order valence-corrected chi connectivity index (χ3v) is 8.38. The average molecular weight is 561 g/mol. The van der Waals surface area contributed by atoms with Crippen LogP contribution in [0.3, 0.4) is 0 Å². The van der Waals surface area contributed by atoms with Crippen molar-refractivity contribution in [1.82, 2.24) is 9.97 Å². The van der Waals surface area contributed by atoms with Crippen molar-refractivity contribution in [2.45, 2.75) is 0 Å². The van der Waals surface area contributed by atoms with Crippen molar-refractivity contribution in [2.75, 3.05) is 0 Å². The smallest absolute Gasteiger partial charge is 0.159 e. The van der Waals surface area contributed by atoms with E-state index >= 15 is 0 Å². The molecule has 0 atom stereocenters. The van der Waals surface area contributed by atoms with Crippen LogP contribution in [0.15, 0.2) is 170 Å². The predicted molar refractivity (Wildman–Crippen MR) is 184 cm³/mol. The van der Waals surface area contributed by atoms with Gasteiger partial charge in [-0.05, 0) is 66.6 Å². The van der Waals surface area contributed by atoms with Crippen molar-refractivity contribution in [3.8, 4) is 55.9 Å². The van der Waals surface area contributed by atoms with Gasteiger partial charge in [-0.25, -0.2) is 9.97 Å². The van der Waals surface area contributed by atoms with Crippen LogP contribution in [0.5, 0.6) is 0 Å². The zero-order chi connectivity index (χ0) is 29.3. The molecule has 0 N–H and O–H groups in total. The van der Waals surface area contributed by atoms with Gasteiger partial charge in [0, 0.05) is 23.5 Å². The number of aromatic nitrogens is 2. The van der Waals surface area contributed by atoms with Crippen LogP contribution in [-0.2, 0) is 0 Å². The molecule has 0 fully saturated rings. The topological polar surface area (TPSA) is 25.8 Å². The maximum atomic E-state index is 4.67. The van der Waals surface area contributed by atoms with E-state index in [0.29, 0.717) is 0 Å². The molecular formula is C42H28N2. The fourth-order valence-corrected chi connectivity index (χ4v) is 6.26. The monoisotopic (exact) mass is 560 g/mol. The minimum atomic E-state index is 0.722. The zero-order valence-corrected chi connectivity index (χ0v) is 24.1. The normalized spacial score (nSPS) is 11.2. The summed E-state index contributed by atoms with van der Waals surface area (Å²) in [5, 5.41) is 5.02. The van der Waals surface area contributed by atoms with E-state index in [1.807, 2.05) is 30.6 Å². The van der Waals surface area contributed by atoms with Gasteiger partial charge in [0.1, 0.15) is 0 Å². The predicted octanol–water partition coefficient (Wildman–Crippen LogP) is 11.1. The minimum absolute atomic E-state index is 0.722. The molecule has 1 heterocycles. The van der Waals surface area contributed by atoms with Crippen molar-refractivity contribution in [3.63, 3.8) is 0 Å². The van der Waals surface area contributed by atoms with Crippen molar-refractivity contribution in [2.24, 2.45) is 0 Å². The summed E-state index contributed by atoms with van der Waals surface area (Å²) in [7, 11) is 0. The molecule has 0 unspecified atom stereocenters. The van der Waals surface area contributed by atoms with E-state index in [0.717, 1.165) is 28.1 Å². The number of rotatable bonds is 5. The number of fused-ring (bicyclic) bond motifs is 2. The summed E-state index contributed by atoms with van der Waals surface area (Å²) in [5.74, 6) is 0.722. The van der Waals surface area contributed by atoms with Gasteiger partial charge in [0.15, 0.2) is 5.82 Å². The molecule has 206 valence electrons. The molecule has 0 radical (unpaired) electrons. The van der Waals surface area contributed by atoms with Gasteiger partial charge in [-0.15, -0.1) is 0 Å². The molecule has 7 aromatic carbocycles. The van der Waals surface area contributed by atoms with Crippen molar-refractivity contribution < 1.29 is 0 Å². The van der Waals surface area contributed by atoms with E-state index in [1.54, 1.807) is 0 Å². The Morgan fingerprint density at radius 2 is 0.682 bits per heavy atom. The highest BCUT2D eigenvalue weighted by molar-refractivity contribution is 6.21. The molecule has 0 saturated carbocycles. The molecule has 1 aromatic heterocycles. The van der Waals surface area contributed by atoms with E-state index in [4.69, 9.17) is 0 Å². The summed E-state index contributed by atoms with van der Waals surface area (Å²) < 4.78 is 0. The third kappa shape index (κ3) is 4.63. The average Bonchev–Trinajstić information content (AvgIpc) is 3.11. The third-order valence-electron chi connectivity index (χ3n) is 8.38. The first-order valence-electron chi connectivity index (χ1n) is 14.9. The first kappa shape index (κ1) is 25.8. The molecule has 0 amide bonds. The standard InChI is InChI=1S/C42H28N2/c1-4-12-29(13-5-1)35-27-43-42(44-28-35)33-22-20-30(21-23-33)34-24-25-38-39(26-34)41(32-16-8-3-9-17-32)37-19-11-10-18-36(37)40(38)31-14-6-2-7-15-31/h1-28H. The van der Waals surface area contributed by atoms with Gasteiger partial charge in [0.25, 0.3) is 0 Å². The molecule has 0 aliphatic carbocycles. The van der Waals surface area contributed by atoms with Crippen LogP contribution in [0.25, 0.3) is 77.4 Å². The molecule has 8 rings (SSSR count). The second-order valence-corrected chi connectivity index (χ2v) is 11.0. The van der Waals surface area contributed by atoms with Crippen LogP contribution in [0.4, 0.5) is 0 Å². The lowest BCUT2D eigenvalue weighted by Crippen LogP contribution is -1.92. The highest BCUT2D eigenvalue weighted by Crippen LogP contribution is 2.44. The Morgan fingerprint density at radius 1 is 0.273 bits per heavy atom.